The minimum atomic E-state index is -3.60. The van der Waals surface area contributed by atoms with E-state index in [1.807, 2.05) is 38.1 Å². The quantitative estimate of drug-likeness (QED) is 0.842. The number of carbonyl (C=O) groups excluding carboxylic acids is 1. The van der Waals surface area contributed by atoms with Crippen LogP contribution in [0.25, 0.3) is 0 Å². The lowest BCUT2D eigenvalue weighted by Gasteiger charge is -2.13. The largest absolute Gasteiger partial charge is 0.326 e. The molecule has 2 aromatic carbocycles. The first-order valence-electron chi connectivity index (χ1n) is 7.69. The van der Waals surface area contributed by atoms with Crippen LogP contribution in [0.1, 0.15) is 23.6 Å². The third-order valence-corrected chi connectivity index (χ3v) is 4.41. The number of primary sulfonamides is 1. The van der Waals surface area contributed by atoms with E-state index in [1.54, 1.807) is 24.3 Å². The Hall–Kier alpha value is -2.18. The Balaban J connectivity index is 2.00. The van der Waals surface area contributed by atoms with Crippen LogP contribution in [-0.2, 0) is 27.0 Å². The van der Waals surface area contributed by atoms with E-state index in [4.69, 9.17) is 5.14 Å². The van der Waals surface area contributed by atoms with Gasteiger partial charge in [-0.25, -0.2) is 13.6 Å². The summed E-state index contributed by atoms with van der Waals surface area (Å²) < 4.78 is 22.3. The molecule has 0 heterocycles. The molecule has 0 radical (unpaired) electrons. The Bertz CT molecular complexity index is 814. The van der Waals surface area contributed by atoms with Crippen molar-refractivity contribution < 1.29 is 13.2 Å². The Kier molecular flexibility index (Phi) is 5.75. The van der Waals surface area contributed by atoms with Crippen LogP contribution in [0.2, 0.25) is 0 Å². The van der Waals surface area contributed by atoms with Gasteiger partial charge in [0.15, 0.2) is 0 Å². The van der Waals surface area contributed by atoms with Gasteiger partial charge in [0.2, 0.25) is 15.9 Å². The van der Waals surface area contributed by atoms with E-state index in [2.05, 4.69) is 5.32 Å². The van der Waals surface area contributed by atoms with Crippen LogP contribution in [0.3, 0.4) is 0 Å². The summed E-state index contributed by atoms with van der Waals surface area (Å²) in [6, 6.07) is 14.8. The van der Waals surface area contributed by atoms with Crippen molar-refractivity contribution in [2.24, 2.45) is 11.1 Å². The standard InChI is InChI=1S/C18H22N2O3S/c1-13-6-8-15(9-7-13)10-14(2)18(21)20-17-5-3-4-16(11-17)12-24(19,22)23/h3-9,11,14H,10,12H2,1-2H3,(H,20,21)(H2,19,22,23)/t14-/m1/s1. The molecule has 0 aliphatic rings. The Morgan fingerprint density at radius 3 is 2.42 bits per heavy atom. The summed E-state index contributed by atoms with van der Waals surface area (Å²) in [4.78, 5) is 12.3. The third kappa shape index (κ3) is 5.79. The van der Waals surface area contributed by atoms with Crippen molar-refractivity contribution in [3.8, 4) is 0 Å². The molecule has 0 unspecified atom stereocenters. The van der Waals surface area contributed by atoms with Crippen LogP contribution < -0.4 is 10.5 Å². The molecule has 0 saturated heterocycles. The number of aryl methyl sites for hydroxylation is 1. The second-order valence-corrected chi connectivity index (χ2v) is 7.70. The zero-order valence-corrected chi connectivity index (χ0v) is 14.6. The average Bonchev–Trinajstić information content (AvgIpc) is 2.48. The van der Waals surface area contributed by atoms with Gasteiger partial charge in [-0.05, 0) is 36.6 Å². The second-order valence-electron chi connectivity index (χ2n) is 6.09. The van der Waals surface area contributed by atoms with Crippen LogP contribution >= 0.6 is 0 Å². The van der Waals surface area contributed by atoms with Crippen molar-refractivity contribution in [3.05, 3.63) is 65.2 Å². The molecule has 0 bridgehead atoms. The zero-order chi connectivity index (χ0) is 17.7. The maximum Gasteiger partial charge on any atom is 0.227 e. The Morgan fingerprint density at radius 2 is 1.79 bits per heavy atom. The van der Waals surface area contributed by atoms with Gasteiger partial charge in [0.1, 0.15) is 0 Å². The SMILES string of the molecule is Cc1ccc(C[C@@H](C)C(=O)Nc2cccc(CS(N)(=O)=O)c2)cc1. The second kappa shape index (κ2) is 7.59. The van der Waals surface area contributed by atoms with E-state index in [0.717, 1.165) is 5.56 Å². The number of anilines is 1. The van der Waals surface area contributed by atoms with Crippen molar-refractivity contribution in [2.75, 3.05) is 5.32 Å². The number of nitrogens with two attached hydrogens (primary N) is 1. The molecule has 5 nitrogen and oxygen atoms in total. The van der Waals surface area contributed by atoms with E-state index in [9.17, 15) is 13.2 Å². The molecule has 0 saturated carbocycles. The fraction of sp³-hybridized carbons (Fsp3) is 0.278. The molecule has 128 valence electrons. The fourth-order valence-corrected chi connectivity index (χ4v) is 3.05. The van der Waals surface area contributed by atoms with Crippen LogP contribution in [0.15, 0.2) is 48.5 Å². The van der Waals surface area contributed by atoms with Crippen molar-refractivity contribution in [1.82, 2.24) is 0 Å². The topological polar surface area (TPSA) is 89.3 Å². The van der Waals surface area contributed by atoms with Crippen molar-refractivity contribution >= 4 is 21.6 Å². The smallest absolute Gasteiger partial charge is 0.227 e. The molecular weight excluding hydrogens is 324 g/mol. The van der Waals surface area contributed by atoms with Crippen molar-refractivity contribution in [2.45, 2.75) is 26.0 Å². The first-order chi connectivity index (χ1) is 11.2. The zero-order valence-electron chi connectivity index (χ0n) is 13.8. The summed E-state index contributed by atoms with van der Waals surface area (Å²) in [6.07, 6.45) is 0.642. The van der Waals surface area contributed by atoms with Gasteiger partial charge in [-0.3, -0.25) is 4.79 Å². The Morgan fingerprint density at radius 1 is 1.12 bits per heavy atom. The number of benzene rings is 2. The average molecular weight is 346 g/mol. The normalized spacial score (nSPS) is 12.6. The number of hydrogen-bond donors (Lipinski definition) is 2. The van der Waals surface area contributed by atoms with Gasteiger partial charge in [-0.2, -0.15) is 0 Å². The number of nitrogens with one attached hydrogen (secondary N) is 1. The molecule has 0 spiro atoms. The fourth-order valence-electron chi connectivity index (χ4n) is 2.41. The van der Waals surface area contributed by atoms with Crippen molar-refractivity contribution in [1.29, 1.82) is 0 Å². The maximum absolute atomic E-state index is 12.3. The minimum Gasteiger partial charge on any atom is -0.326 e. The summed E-state index contributed by atoms with van der Waals surface area (Å²) in [5, 5.41) is 7.87. The molecule has 6 heteroatoms. The number of rotatable bonds is 6. The molecule has 0 fully saturated rings. The van der Waals surface area contributed by atoms with E-state index >= 15 is 0 Å². The lowest BCUT2D eigenvalue weighted by atomic mass is 9.99. The maximum atomic E-state index is 12.3. The van der Waals surface area contributed by atoms with E-state index in [0.29, 0.717) is 17.7 Å². The monoisotopic (exact) mass is 346 g/mol. The molecule has 0 aliphatic heterocycles. The molecule has 1 atom stereocenters. The van der Waals surface area contributed by atoms with Crippen LogP contribution in [0, 0.1) is 12.8 Å². The molecule has 0 aromatic heterocycles. The summed E-state index contributed by atoms with van der Waals surface area (Å²) >= 11 is 0. The summed E-state index contributed by atoms with van der Waals surface area (Å²) in [6.45, 7) is 3.89. The highest BCUT2D eigenvalue weighted by molar-refractivity contribution is 7.88. The lowest BCUT2D eigenvalue weighted by molar-refractivity contribution is -0.119. The van der Waals surface area contributed by atoms with Gasteiger partial charge in [0, 0.05) is 11.6 Å². The molecule has 1 amide bonds. The van der Waals surface area contributed by atoms with Gasteiger partial charge >= 0.3 is 0 Å². The van der Waals surface area contributed by atoms with E-state index in [1.165, 1.54) is 5.56 Å². The van der Waals surface area contributed by atoms with Crippen LogP contribution in [0.5, 0.6) is 0 Å². The first kappa shape index (κ1) is 18.2. The van der Waals surface area contributed by atoms with Gasteiger partial charge in [-0.1, -0.05) is 48.9 Å². The first-order valence-corrected chi connectivity index (χ1v) is 9.40. The predicted molar refractivity (Wildman–Crippen MR) is 95.9 cm³/mol. The summed E-state index contributed by atoms with van der Waals surface area (Å²) in [5.74, 6) is -0.562. The minimum absolute atomic E-state index is 0.108. The number of sulfonamides is 1. The highest BCUT2D eigenvalue weighted by atomic mass is 32.2. The van der Waals surface area contributed by atoms with Crippen molar-refractivity contribution in [3.63, 3.8) is 0 Å². The van der Waals surface area contributed by atoms with E-state index in [-0.39, 0.29) is 17.6 Å². The van der Waals surface area contributed by atoms with Gasteiger partial charge < -0.3 is 5.32 Å². The number of carbonyl (C=O) groups is 1. The molecule has 2 aromatic rings. The van der Waals surface area contributed by atoms with Crippen LogP contribution in [0.4, 0.5) is 5.69 Å². The number of amides is 1. The van der Waals surface area contributed by atoms with E-state index < -0.39 is 10.0 Å². The highest BCUT2D eigenvalue weighted by Gasteiger charge is 2.14. The van der Waals surface area contributed by atoms with Gasteiger partial charge in [0.05, 0.1) is 5.75 Å². The predicted octanol–water partition coefficient (Wildman–Crippen LogP) is 2.60. The van der Waals surface area contributed by atoms with Crippen LogP contribution in [-0.4, -0.2) is 14.3 Å². The molecule has 0 aliphatic carbocycles. The molecule has 24 heavy (non-hydrogen) atoms. The lowest BCUT2D eigenvalue weighted by Crippen LogP contribution is -2.22. The highest BCUT2D eigenvalue weighted by Crippen LogP contribution is 2.16. The van der Waals surface area contributed by atoms with Gasteiger partial charge in [-0.15, -0.1) is 0 Å². The summed E-state index contributed by atoms with van der Waals surface area (Å²) in [7, 11) is -3.60. The summed E-state index contributed by atoms with van der Waals surface area (Å²) in [5.41, 5.74) is 3.40. The molecule has 2 rings (SSSR count). The third-order valence-electron chi connectivity index (χ3n) is 3.67. The Labute approximate surface area is 142 Å². The number of hydrogen-bond acceptors (Lipinski definition) is 3. The molecular formula is C18H22N2O3S. The molecule has 3 N–H and O–H groups in total. The van der Waals surface area contributed by atoms with Gasteiger partial charge in [0.25, 0.3) is 0 Å².